The Hall–Kier alpha value is -1.22. The first-order valence-corrected chi connectivity index (χ1v) is 6.79. The molecule has 19 heavy (non-hydrogen) atoms. The monoisotopic (exact) mass is 259 g/mol. The molecule has 0 amide bonds. The fourth-order valence-corrected chi connectivity index (χ4v) is 3.82. The van der Waals surface area contributed by atoms with E-state index in [-0.39, 0.29) is 19.8 Å². The Labute approximate surface area is 115 Å². The summed E-state index contributed by atoms with van der Waals surface area (Å²) in [4.78, 5) is 16.2. The Bertz CT molecular complexity index is 445. The van der Waals surface area contributed by atoms with Crippen LogP contribution in [0.2, 0.25) is 0 Å². The highest BCUT2D eigenvalue weighted by molar-refractivity contribution is 5.86. The van der Waals surface area contributed by atoms with Crippen LogP contribution in [0, 0.1) is 18.8 Å². The molecule has 102 valence electrons. The Morgan fingerprint density at radius 2 is 2.26 bits per heavy atom. The van der Waals surface area contributed by atoms with Crippen molar-refractivity contribution in [1.29, 1.82) is 0 Å². The maximum Gasteiger partial charge on any atom is 0.141 e. The Morgan fingerprint density at radius 1 is 1.42 bits per heavy atom. The van der Waals surface area contributed by atoms with Crippen LogP contribution in [0.15, 0.2) is 24.5 Å². The third kappa shape index (κ3) is 2.32. The van der Waals surface area contributed by atoms with Gasteiger partial charge in [0.1, 0.15) is 5.78 Å². The number of nitrogens with zero attached hydrogens (tertiary/aromatic N) is 1. The largest absolute Gasteiger partial charge is 0.395 e. The molecule has 1 aromatic heterocycles. The molecule has 2 aliphatic rings. The number of aromatic nitrogens is 1. The van der Waals surface area contributed by atoms with Gasteiger partial charge in [-0.1, -0.05) is 13.5 Å². The summed E-state index contributed by atoms with van der Waals surface area (Å²) in [6, 6.07) is 4.12. The smallest absolute Gasteiger partial charge is 0.141 e. The zero-order chi connectivity index (χ0) is 12.6. The third-order valence-electron chi connectivity index (χ3n) is 4.90. The predicted molar refractivity (Wildman–Crippen MR) is 73.4 cm³/mol. The molecule has 0 spiro atoms. The average molecular weight is 259 g/mol. The van der Waals surface area contributed by atoms with Gasteiger partial charge in [-0.15, -0.1) is 0 Å². The van der Waals surface area contributed by atoms with Gasteiger partial charge in [0.05, 0.1) is 12.0 Å². The molecule has 2 saturated carbocycles. The quantitative estimate of drug-likeness (QED) is 0.888. The lowest BCUT2D eigenvalue weighted by Crippen LogP contribution is -2.45. The number of pyridine rings is 1. The number of aliphatic hydroxyl groups is 1. The first kappa shape index (κ1) is 14.2. The molecule has 2 aliphatic carbocycles. The molecule has 3 unspecified atom stereocenters. The Balaban J connectivity index is 0.00000133. The first-order chi connectivity index (χ1) is 8.75. The third-order valence-corrected chi connectivity index (χ3v) is 4.90. The van der Waals surface area contributed by atoms with Gasteiger partial charge in [0, 0.05) is 18.8 Å². The topological polar surface area (TPSA) is 50.2 Å². The van der Waals surface area contributed by atoms with E-state index in [4.69, 9.17) is 0 Å². The van der Waals surface area contributed by atoms with E-state index in [0.717, 1.165) is 25.7 Å². The molecule has 2 radical (unpaired) electrons. The van der Waals surface area contributed by atoms with Crippen LogP contribution in [0.3, 0.4) is 0 Å². The van der Waals surface area contributed by atoms with Gasteiger partial charge >= 0.3 is 0 Å². The van der Waals surface area contributed by atoms with Crippen molar-refractivity contribution < 1.29 is 9.90 Å². The molecule has 3 rings (SSSR count). The van der Waals surface area contributed by atoms with E-state index in [1.54, 1.807) is 6.20 Å². The normalized spacial score (nSPS) is 33.6. The summed E-state index contributed by atoms with van der Waals surface area (Å²) in [5, 5.41) is 9.59. The fraction of sp³-hybridized carbons (Fsp3) is 0.562. The number of Topliss-reactive ketones (excluding diaryl/α,β-unsaturated/α-hetero) is 1. The van der Waals surface area contributed by atoms with Crippen molar-refractivity contribution in [3.05, 3.63) is 37.5 Å². The highest BCUT2D eigenvalue weighted by atomic mass is 16.3. The van der Waals surface area contributed by atoms with E-state index < -0.39 is 5.41 Å². The lowest BCUT2D eigenvalue weighted by atomic mass is 9.57. The van der Waals surface area contributed by atoms with E-state index in [1.165, 1.54) is 5.56 Å². The van der Waals surface area contributed by atoms with Crippen LogP contribution in [0.5, 0.6) is 0 Å². The molecule has 2 fully saturated rings. The van der Waals surface area contributed by atoms with E-state index >= 15 is 0 Å². The number of aliphatic hydroxyl groups excluding tert-OH is 1. The van der Waals surface area contributed by atoms with E-state index in [9.17, 15) is 9.90 Å². The van der Waals surface area contributed by atoms with E-state index in [0.29, 0.717) is 18.3 Å². The molecule has 1 heterocycles. The SMILES string of the molecule is O=C1CCC2CC1(CO)CCC2c1cccnc1.[CH2]. The van der Waals surface area contributed by atoms with E-state index in [1.807, 2.05) is 12.3 Å². The lowest BCUT2D eigenvalue weighted by Gasteiger charge is -2.46. The highest BCUT2D eigenvalue weighted by Gasteiger charge is 2.48. The van der Waals surface area contributed by atoms with Crippen LogP contribution >= 0.6 is 0 Å². The number of ketones is 1. The number of carbonyl (C=O) groups excluding carboxylic acids is 1. The Morgan fingerprint density at radius 3 is 2.95 bits per heavy atom. The van der Waals surface area contributed by atoms with Crippen molar-refractivity contribution in [3.8, 4) is 0 Å². The average Bonchev–Trinajstić information content (AvgIpc) is 2.44. The number of fused-ring (bicyclic) bond motifs is 2. The lowest BCUT2D eigenvalue weighted by molar-refractivity contribution is -0.139. The van der Waals surface area contributed by atoms with Gasteiger partial charge in [0.15, 0.2) is 0 Å². The molecular formula is C16H21NO2. The van der Waals surface area contributed by atoms with Crippen LogP contribution in [0.1, 0.15) is 43.6 Å². The number of hydrogen-bond donors (Lipinski definition) is 1. The molecule has 1 aromatic rings. The Kier molecular flexibility index (Phi) is 4.04. The van der Waals surface area contributed by atoms with Crippen molar-refractivity contribution in [2.75, 3.05) is 6.61 Å². The van der Waals surface area contributed by atoms with Crippen molar-refractivity contribution in [2.24, 2.45) is 11.3 Å². The number of hydrogen-bond acceptors (Lipinski definition) is 3. The second-order valence-corrected chi connectivity index (χ2v) is 5.80. The summed E-state index contributed by atoms with van der Waals surface area (Å²) >= 11 is 0. The maximum atomic E-state index is 12.0. The summed E-state index contributed by atoms with van der Waals surface area (Å²) in [6.07, 6.45) is 8.06. The minimum absolute atomic E-state index is 0. The molecular weight excluding hydrogens is 238 g/mol. The van der Waals surface area contributed by atoms with E-state index in [2.05, 4.69) is 11.1 Å². The molecule has 3 atom stereocenters. The highest BCUT2D eigenvalue weighted by Crippen LogP contribution is 2.52. The van der Waals surface area contributed by atoms with Crippen LogP contribution in [0.25, 0.3) is 0 Å². The molecule has 1 N–H and O–H groups in total. The molecule has 0 aliphatic heterocycles. The van der Waals surface area contributed by atoms with Gasteiger partial charge < -0.3 is 5.11 Å². The van der Waals surface area contributed by atoms with Gasteiger partial charge in [0.2, 0.25) is 0 Å². The summed E-state index contributed by atoms with van der Waals surface area (Å²) in [7, 11) is 0. The molecule has 3 heteroatoms. The minimum Gasteiger partial charge on any atom is -0.395 e. The predicted octanol–water partition coefficient (Wildman–Crippen LogP) is 2.63. The maximum absolute atomic E-state index is 12.0. The van der Waals surface area contributed by atoms with Crippen LogP contribution in [0.4, 0.5) is 0 Å². The van der Waals surface area contributed by atoms with Gasteiger partial charge in [-0.05, 0) is 49.1 Å². The van der Waals surface area contributed by atoms with Gasteiger partial charge in [-0.25, -0.2) is 0 Å². The van der Waals surface area contributed by atoms with Crippen molar-refractivity contribution in [3.63, 3.8) is 0 Å². The number of rotatable bonds is 2. The first-order valence-electron chi connectivity index (χ1n) is 6.79. The van der Waals surface area contributed by atoms with Crippen LogP contribution in [-0.4, -0.2) is 22.5 Å². The standard InChI is InChI=1S/C15H19NO2.CH2/c17-10-15-6-5-13(12-2-1-7-16-9-12)11(8-15)3-4-14(15)18;/h1-2,7,9,11,13,17H,3-6,8,10H2;1H2. The summed E-state index contributed by atoms with van der Waals surface area (Å²) in [6.45, 7) is 0.0299. The molecule has 3 nitrogen and oxygen atoms in total. The summed E-state index contributed by atoms with van der Waals surface area (Å²) in [5.74, 6) is 1.34. The minimum atomic E-state index is -0.415. The second kappa shape index (κ2) is 5.41. The van der Waals surface area contributed by atoms with Gasteiger partial charge in [0.25, 0.3) is 0 Å². The molecule has 0 aromatic carbocycles. The fourth-order valence-electron chi connectivity index (χ4n) is 3.82. The summed E-state index contributed by atoms with van der Waals surface area (Å²) < 4.78 is 0. The van der Waals surface area contributed by atoms with Gasteiger partial charge in [-0.2, -0.15) is 0 Å². The second-order valence-electron chi connectivity index (χ2n) is 5.80. The van der Waals surface area contributed by atoms with Crippen LogP contribution in [-0.2, 0) is 4.79 Å². The zero-order valence-corrected chi connectivity index (χ0v) is 11.2. The summed E-state index contributed by atoms with van der Waals surface area (Å²) in [5.41, 5.74) is 0.880. The van der Waals surface area contributed by atoms with Crippen LogP contribution < -0.4 is 0 Å². The van der Waals surface area contributed by atoms with Crippen molar-refractivity contribution in [1.82, 2.24) is 4.98 Å². The molecule has 2 bridgehead atoms. The zero-order valence-electron chi connectivity index (χ0n) is 11.2. The van der Waals surface area contributed by atoms with Gasteiger partial charge in [-0.3, -0.25) is 9.78 Å². The van der Waals surface area contributed by atoms with Crippen molar-refractivity contribution in [2.45, 2.75) is 38.0 Å². The number of carbonyl (C=O) groups is 1. The molecule has 0 saturated heterocycles. The van der Waals surface area contributed by atoms with Crippen molar-refractivity contribution >= 4 is 5.78 Å².